The summed E-state index contributed by atoms with van der Waals surface area (Å²) in [7, 11) is 0. The summed E-state index contributed by atoms with van der Waals surface area (Å²) in [6, 6.07) is 17.6. The van der Waals surface area contributed by atoms with Crippen LogP contribution in [-0.4, -0.2) is 42.1 Å². The van der Waals surface area contributed by atoms with E-state index in [1.807, 2.05) is 13.0 Å². The van der Waals surface area contributed by atoms with Gasteiger partial charge in [-0.3, -0.25) is 14.4 Å². The van der Waals surface area contributed by atoms with Gasteiger partial charge in [0.15, 0.2) is 11.5 Å². The molecular weight excluding hydrogens is 496 g/mol. The van der Waals surface area contributed by atoms with Crippen molar-refractivity contribution in [3.05, 3.63) is 82.9 Å². The van der Waals surface area contributed by atoms with Crippen LogP contribution < -0.4 is 19.1 Å². The lowest BCUT2D eigenvalue weighted by atomic mass is 10.1. The summed E-state index contributed by atoms with van der Waals surface area (Å²) in [4.78, 5) is 42.9. The topological polar surface area (TPSA) is 85.4 Å². The number of nitrogens with zero attached hydrogens (tertiary/aromatic N) is 2. The Morgan fingerprint density at radius 2 is 1.76 bits per heavy atom. The minimum atomic E-state index is -0.975. The highest BCUT2D eigenvalue weighted by atomic mass is 35.5. The third-order valence-corrected chi connectivity index (χ3v) is 6.46. The first-order valence-electron chi connectivity index (χ1n) is 12.0. The first-order chi connectivity index (χ1) is 17.9. The molecule has 0 aromatic heterocycles. The van der Waals surface area contributed by atoms with Gasteiger partial charge in [0, 0.05) is 17.1 Å². The number of rotatable bonds is 8. The minimum Gasteiger partial charge on any atom is -0.494 e. The monoisotopic (exact) mass is 520 g/mol. The predicted molar refractivity (Wildman–Crippen MR) is 137 cm³/mol. The second-order valence-corrected chi connectivity index (χ2v) is 9.19. The van der Waals surface area contributed by atoms with Gasteiger partial charge in [-0.1, -0.05) is 24.6 Å². The number of imide groups is 1. The van der Waals surface area contributed by atoms with Crippen LogP contribution in [0.15, 0.2) is 66.7 Å². The highest BCUT2D eigenvalue weighted by molar-refractivity contribution is 6.30. The highest BCUT2D eigenvalue weighted by Gasteiger charge is 2.44. The summed E-state index contributed by atoms with van der Waals surface area (Å²) in [5.41, 5.74) is 1.53. The number of halogens is 1. The van der Waals surface area contributed by atoms with E-state index in [2.05, 4.69) is 0 Å². The van der Waals surface area contributed by atoms with Crippen molar-refractivity contribution in [2.24, 2.45) is 0 Å². The van der Waals surface area contributed by atoms with E-state index in [1.54, 1.807) is 60.7 Å². The van der Waals surface area contributed by atoms with E-state index in [0.29, 0.717) is 40.1 Å². The van der Waals surface area contributed by atoms with Gasteiger partial charge >= 0.3 is 0 Å². The summed E-state index contributed by atoms with van der Waals surface area (Å²) in [5, 5.41) is 0.489. The number of benzene rings is 3. The van der Waals surface area contributed by atoms with E-state index >= 15 is 0 Å². The molecule has 1 atom stereocenters. The quantitative estimate of drug-likeness (QED) is 0.395. The average molecular weight is 521 g/mol. The van der Waals surface area contributed by atoms with Gasteiger partial charge < -0.3 is 19.1 Å². The molecule has 37 heavy (non-hydrogen) atoms. The maximum absolute atomic E-state index is 13.7. The van der Waals surface area contributed by atoms with Gasteiger partial charge in [0.1, 0.15) is 11.8 Å². The Balaban J connectivity index is 1.44. The molecule has 3 amide bonds. The number of hydrogen-bond donors (Lipinski definition) is 0. The van der Waals surface area contributed by atoms with Crippen molar-refractivity contribution in [1.82, 2.24) is 4.90 Å². The fourth-order valence-electron chi connectivity index (χ4n) is 4.36. The number of ether oxygens (including phenoxy) is 3. The molecule has 1 unspecified atom stereocenters. The first-order valence-corrected chi connectivity index (χ1v) is 12.4. The highest BCUT2D eigenvalue weighted by Crippen LogP contribution is 2.34. The van der Waals surface area contributed by atoms with Gasteiger partial charge in [-0.15, -0.1) is 0 Å². The van der Waals surface area contributed by atoms with Crippen molar-refractivity contribution in [1.29, 1.82) is 0 Å². The van der Waals surface area contributed by atoms with Crippen molar-refractivity contribution < 1.29 is 28.6 Å². The van der Waals surface area contributed by atoms with Crippen molar-refractivity contribution >= 4 is 35.0 Å². The summed E-state index contributed by atoms with van der Waals surface area (Å²) in [6.07, 6.45) is 0.740. The number of fused-ring (bicyclic) bond motifs is 1. The van der Waals surface area contributed by atoms with Crippen LogP contribution in [0.1, 0.15) is 35.7 Å². The van der Waals surface area contributed by atoms with Gasteiger partial charge in [-0.25, -0.2) is 4.90 Å². The zero-order chi connectivity index (χ0) is 25.9. The average Bonchev–Trinajstić information content (AvgIpc) is 3.49. The molecule has 0 spiro atoms. The van der Waals surface area contributed by atoms with Gasteiger partial charge in [0.2, 0.25) is 12.7 Å². The van der Waals surface area contributed by atoms with Crippen LogP contribution >= 0.6 is 11.6 Å². The largest absolute Gasteiger partial charge is 0.494 e. The predicted octanol–water partition coefficient (Wildman–Crippen LogP) is 4.83. The Hall–Kier alpha value is -4.04. The number of anilines is 1. The summed E-state index contributed by atoms with van der Waals surface area (Å²) >= 11 is 6.01. The van der Waals surface area contributed by atoms with E-state index in [0.717, 1.165) is 16.9 Å². The van der Waals surface area contributed by atoms with Gasteiger partial charge in [-0.05, 0) is 72.6 Å². The van der Waals surface area contributed by atoms with Crippen molar-refractivity contribution in [3.8, 4) is 17.2 Å². The fraction of sp³-hybridized carbons (Fsp3) is 0.250. The normalized spacial score (nSPS) is 16.3. The molecule has 1 saturated heterocycles. The minimum absolute atomic E-state index is 0.0966. The summed E-state index contributed by atoms with van der Waals surface area (Å²) in [5.74, 6) is 0.613. The lowest BCUT2D eigenvalue weighted by Crippen LogP contribution is -2.45. The van der Waals surface area contributed by atoms with Crippen molar-refractivity contribution in [3.63, 3.8) is 0 Å². The van der Waals surface area contributed by atoms with E-state index in [4.69, 9.17) is 25.8 Å². The van der Waals surface area contributed by atoms with Crippen LogP contribution in [0.5, 0.6) is 17.2 Å². The Morgan fingerprint density at radius 1 is 1.03 bits per heavy atom. The molecule has 2 aliphatic rings. The number of carbonyl (C=O) groups is 3. The Kier molecular flexibility index (Phi) is 7.01. The Labute approximate surface area is 219 Å². The Bertz CT molecular complexity index is 1330. The van der Waals surface area contributed by atoms with E-state index in [-0.39, 0.29) is 31.6 Å². The van der Waals surface area contributed by atoms with Crippen LogP contribution in [0.2, 0.25) is 5.02 Å². The van der Waals surface area contributed by atoms with Crippen molar-refractivity contribution in [2.45, 2.75) is 32.4 Å². The number of carbonyl (C=O) groups excluding carboxylic acids is 3. The SMILES string of the molecule is CCCOc1ccc(N2C(=O)CC(N(Cc3ccc4c(c3)OCO4)C(=O)c3ccc(Cl)cc3)C2=O)cc1. The molecule has 2 heterocycles. The molecule has 0 bridgehead atoms. The molecule has 3 aromatic rings. The van der Waals surface area contributed by atoms with Crippen LogP contribution in [0.4, 0.5) is 5.69 Å². The fourth-order valence-corrected chi connectivity index (χ4v) is 4.49. The van der Waals surface area contributed by atoms with Gasteiger partial charge in [0.25, 0.3) is 11.8 Å². The zero-order valence-electron chi connectivity index (χ0n) is 20.2. The Morgan fingerprint density at radius 3 is 2.49 bits per heavy atom. The second kappa shape index (κ2) is 10.5. The molecule has 2 aliphatic heterocycles. The van der Waals surface area contributed by atoms with E-state index < -0.39 is 11.9 Å². The molecule has 1 fully saturated rings. The number of hydrogen-bond acceptors (Lipinski definition) is 6. The summed E-state index contributed by atoms with van der Waals surface area (Å²) in [6.45, 7) is 2.81. The van der Waals surface area contributed by atoms with Gasteiger partial charge in [0.05, 0.1) is 18.7 Å². The van der Waals surface area contributed by atoms with Crippen LogP contribution in [0.25, 0.3) is 0 Å². The molecule has 190 valence electrons. The van der Waals surface area contributed by atoms with Crippen LogP contribution in [0, 0.1) is 0 Å². The molecule has 0 N–H and O–H groups in total. The third-order valence-electron chi connectivity index (χ3n) is 6.21. The molecule has 5 rings (SSSR count). The molecule has 0 saturated carbocycles. The third kappa shape index (κ3) is 5.11. The van der Waals surface area contributed by atoms with E-state index in [1.165, 1.54) is 4.90 Å². The molecule has 3 aromatic carbocycles. The smallest absolute Gasteiger partial charge is 0.257 e. The molecule has 9 heteroatoms. The van der Waals surface area contributed by atoms with Crippen LogP contribution in [-0.2, 0) is 16.1 Å². The van der Waals surface area contributed by atoms with Gasteiger partial charge in [-0.2, -0.15) is 0 Å². The molecule has 8 nitrogen and oxygen atoms in total. The maximum atomic E-state index is 13.7. The van der Waals surface area contributed by atoms with Crippen molar-refractivity contribution in [2.75, 3.05) is 18.3 Å². The van der Waals surface area contributed by atoms with Crippen LogP contribution in [0.3, 0.4) is 0 Å². The number of amides is 3. The zero-order valence-corrected chi connectivity index (χ0v) is 20.9. The standard InChI is InChI=1S/C28H25ClN2O6/c1-2-13-35-22-10-8-21(9-11-22)31-26(32)15-23(28(31)34)30(27(33)19-4-6-20(29)7-5-19)16-18-3-12-24-25(14-18)37-17-36-24/h3-12,14,23H,2,13,15-17H2,1H3. The lowest BCUT2D eigenvalue weighted by Gasteiger charge is -2.28. The molecule has 0 aliphatic carbocycles. The molecule has 0 radical (unpaired) electrons. The lowest BCUT2D eigenvalue weighted by molar-refractivity contribution is -0.122. The summed E-state index contributed by atoms with van der Waals surface area (Å²) < 4.78 is 16.5. The maximum Gasteiger partial charge on any atom is 0.257 e. The van der Waals surface area contributed by atoms with E-state index in [9.17, 15) is 14.4 Å². The first kappa shape index (κ1) is 24.6. The molecular formula is C28H25ClN2O6. The second-order valence-electron chi connectivity index (χ2n) is 8.76.